The molecule has 1 aromatic carbocycles. The Bertz CT molecular complexity index is 1240. The lowest BCUT2D eigenvalue weighted by Gasteiger charge is -2.15. The molecule has 156 valence electrons. The Morgan fingerprint density at radius 1 is 1.10 bits per heavy atom. The third-order valence-electron chi connectivity index (χ3n) is 4.62. The van der Waals surface area contributed by atoms with Crippen molar-refractivity contribution in [2.24, 2.45) is 0 Å². The number of aryl methyl sites for hydroxylation is 1. The maximum Gasteiger partial charge on any atom is 0.222 e. The van der Waals surface area contributed by atoms with Crippen LogP contribution in [-0.4, -0.2) is 24.3 Å². The number of nitrogens with zero attached hydrogens (tertiary/aromatic N) is 2. The van der Waals surface area contributed by atoms with E-state index in [0.717, 1.165) is 16.7 Å². The number of amides is 1. The molecule has 6 nitrogen and oxygen atoms in total. The van der Waals surface area contributed by atoms with E-state index in [9.17, 15) is 13.2 Å². The van der Waals surface area contributed by atoms with Gasteiger partial charge in [-0.3, -0.25) is 9.78 Å². The van der Waals surface area contributed by atoms with Crippen LogP contribution in [-0.2, 0) is 20.4 Å². The quantitative estimate of drug-likeness (QED) is 0.574. The van der Waals surface area contributed by atoms with Gasteiger partial charge in [-0.1, -0.05) is 23.2 Å². The number of aromatic nitrogens is 2. The van der Waals surface area contributed by atoms with Gasteiger partial charge >= 0.3 is 0 Å². The van der Waals surface area contributed by atoms with E-state index >= 15 is 0 Å². The summed E-state index contributed by atoms with van der Waals surface area (Å²) in [6.07, 6.45) is 3.26. The van der Waals surface area contributed by atoms with Gasteiger partial charge in [0.2, 0.25) is 5.91 Å². The largest absolute Gasteiger partial charge is 0.311 e. The summed E-state index contributed by atoms with van der Waals surface area (Å²) in [6, 6.07) is 7.80. The van der Waals surface area contributed by atoms with Crippen LogP contribution in [0.2, 0.25) is 10.0 Å². The molecular formula is C21H19Cl2N3O3S. The fourth-order valence-electron chi connectivity index (χ4n) is 3.12. The number of pyridine rings is 2. The van der Waals surface area contributed by atoms with E-state index in [-0.39, 0.29) is 21.6 Å². The minimum Gasteiger partial charge on any atom is -0.311 e. The molecule has 0 aliphatic carbocycles. The van der Waals surface area contributed by atoms with Gasteiger partial charge in [-0.25, -0.2) is 13.4 Å². The lowest BCUT2D eigenvalue weighted by atomic mass is 9.99. The number of halogens is 2. The molecule has 0 unspecified atom stereocenters. The predicted octanol–water partition coefficient (Wildman–Crippen LogP) is 5.00. The van der Waals surface area contributed by atoms with E-state index < -0.39 is 9.84 Å². The van der Waals surface area contributed by atoms with Crippen molar-refractivity contribution in [2.45, 2.75) is 31.4 Å². The molecule has 2 heterocycles. The molecule has 0 radical (unpaired) electrons. The average Bonchev–Trinajstić information content (AvgIpc) is 2.64. The summed E-state index contributed by atoms with van der Waals surface area (Å²) < 4.78 is 26.1. The molecule has 9 heteroatoms. The molecular weight excluding hydrogens is 445 g/mol. The van der Waals surface area contributed by atoms with E-state index in [2.05, 4.69) is 15.3 Å². The fraction of sp³-hybridized carbons (Fsp3) is 0.190. The van der Waals surface area contributed by atoms with Crippen LogP contribution in [0.5, 0.6) is 0 Å². The van der Waals surface area contributed by atoms with Crippen LogP contribution in [0, 0.1) is 13.8 Å². The highest BCUT2D eigenvalue weighted by atomic mass is 35.5. The Labute approximate surface area is 185 Å². The molecule has 30 heavy (non-hydrogen) atoms. The lowest BCUT2D eigenvalue weighted by molar-refractivity contribution is -0.114. The minimum atomic E-state index is -3.73. The number of anilines is 1. The average molecular weight is 464 g/mol. The Balaban J connectivity index is 2.04. The molecule has 0 saturated carbocycles. The maximum absolute atomic E-state index is 13.0. The number of carbonyl (C=O) groups is 1. The van der Waals surface area contributed by atoms with E-state index in [1.165, 1.54) is 25.1 Å². The summed E-state index contributed by atoms with van der Waals surface area (Å²) >= 11 is 12.0. The summed E-state index contributed by atoms with van der Waals surface area (Å²) in [6.45, 7) is 5.01. The van der Waals surface area contributed by atoms with E-state index in [1.54, 1.807) is 31.5 Å². The van der Waals surface area contributed by atoms with E-state index in [1.807, 2.05) is 6.92 Å². The number of hydrogen-bond acceptors (Lipinski definition) is 5. The number of benzene rings is 1. The molecule has 0 spiro atoms. The van der Waals surface area contributed by atoms with Crippen molar-refractivity contribution in [3.63, 3.8) is 0 Å². The van der Waals surface area contributed by atoms with Crippen molar-refractivity contribution in [1.29, 1.82) is 0 Å². The molecule has 0 atom stereocenters. The van der Waals surface area contributed by atoms with E-state index in [0.29, 0.717) is 22.1 Å². The van der Waals surface area contributed by atoms with Crippen molar-refractivity contribution < 1.29 is 13.2 Å². The van der Waals surface area contributed by atoms with Gasteiger partial charge < -0.3 is 5.32 Å². The molecule has 3 rings (SSSR count). The second kappa shape index (κ2) is 8.71. The third-order valence-corrected chi connectivity index (χ3v) is 6.97. The van der Waals surface area contributed by atoms with Crippen molar-refractivity contribution in [2.75, 3.05) is 5.32 Å². The first-order valence-electron chi connectivity index (χ1n) is 8.95. The van der Waals surface area contributed by atoms with Crippen LogP contribution in [0.1, 0.15) is 23.7 Å². The molecule has 0 fully saturated rings. The molecule has 0 saturated heterocycles. The molecule has 3 aromatic rings. The zero-order chi connectivity index (χ0) is 22.1. The smallest absolute Gasteiger partial charge is 0.222 e. The van der Waals surface area contributed by atoms with Crippen LogP contribution in [0.25, 0.3) is 11.1 Å². The van der Waals surface area contributed by atoms with Crippen molar-refractivity contribution in [1.82, 2.24) is 9.97 Å². The highest BCUT2D eigenvalue weighted by Gasteiger charge is 2.23. The van der Waals surface area contributed by atoms with Crippen molar-refractivity contribution >= 4 is 44.8 Å². The van der Waals surface area contributed by atoms with Crippen LogP contribution in [0.15, 0.2) is 47.6 Å². The Hall–Kier alpha value is -2.48. The maximum atomic E-state index is 13.0. The summed E-state index contributed by atoms with van der Waals surface area (Å²) in [5.74, 6) is -0.0802. The third kappa shape index (κ3) is 4.80. The van der Waals surface area contributed by atoms with Crippen LogP contribution < -0.4 is 5.32 Å². The topological polar surface area (TPSA) is 89.0 Å². The highest BCUT2D eigenvalue weighted by molar-refractivity contribution is 7.90. The molecule has 1 amide bonds. The van der Waals surface area contributed by atoms with Crippen LogP contribution in [0.3, 0.4) is 0 Å². The minimum absolute atomic E-state index is 0.0228. The summed E-state index contributed by atoms with van der Waals surface area (Å²) in [5, 5.41) is 3.08. The zero-order valence-electron chi connectivity index (χ0n) is 16.5. The van der Waals surface area contributed by atoms with Crippen molar-refractivity contribution in [3.8, 4) is 11.1 Å². The standard InChI is InChI=1S/C21H19Cl2N3O3S/c1-12-17(15-6-7-24-21(8-15)26-14(3)27)10-25-13(2)18(12)11-30(28,29)20-5-4-16(22)9-19(20)23/h4-10H,11H2,1-3H3,(H,24,26,27). The van der Waals surface area contributed by atoms with E-state index in [4.69, 9.17) is 23.2 Å². The number of nitrogens with one attached hydrogen (secondary N) is 1. The molecule has 0 aliphatic heterocycles. The zero-order valence-corrected chi connectivity index (χ0v) is 18.9. The van der Waals surface area contributed by atoms with Gasteiger partial charge in [0.15, 0.2) is 9.84 Å². The van der Waals surface area contributed by atoms with Gasteiger partial charge in [-0.15, -0.1) is 0 Å². The number of hydrogen-bond donors (Lipinski definition) is 1. The van der Waals surface area contributed by atoms with Crippen LogP contribution >= 0.6 is 23.2 Å². The monoisotopic (exact) mass is 463 g/mol. The number of rotatable bonds is 5. The van der Waals surface area contributed by atoms with Gasteiger partial charge in [-0.05, 0) is 60.9 Å². The Morgan fingerprint density at radius 3 is 2.50 bits per heavy atom. The SMILES string of the molecule is CC(=O)Nc1cc(-c2cnc(C)c(CS(=O)(=O)c3ccc(Cl)cc3Cl)c2C)ccn1. The van der Waals surface area contributed by atoms with Gasteiger partial charge in [-0.2, -0.15) is 0 Å². The Kier molecular flexibility index (Phi) is 6.45. The molecule has 0 aliphatic rings. The summed E-state index contributed by atoms with van der Waals surface area (Å²) in [5.41, 5.74) is 3.50. The van der Waals surface area contributed by atoms with Crippen LogP contribution in [0.4, 0.5) is 5.82 Å². The molecule has 1 N–H and O–H groups in total. The first kappa shape index (κ1) is 22.2. The highest BCUT2D eigenvalue weighted by Crippen LogP contribution is 2.32. The second-order valence-corrected chi connectivity index (χ2v) is 9.61. The van der Waals surface area contributed by atoms with Crippen molar-refractivity contribution in [3.05, 3.63) is 69.6 Å². The fourth-order valence-corrected chi connectivity index (χ4v) is 5.47. The summed E-state index contributed by atoms with van der Waals surface area (Å²) in [7, 11) is -3.73. The van der Waals surface area contributed by atoms with Gasteiger partial charge in [0.25, 0.3) is 0 Å². The van der Waals surface area contributed by atoms with Gasteiger partial charge in [0.1, 0.15) is 5.82 Å². The lowest BCUT2D eigenvalue weighted by Crippen LogP contribution is -2.10. The first-order valence-corrected chi connectivity index (χ1v) is 11.4. The Morgan fingerprint density at radius 2 is 1.83 bits per heavy atom. The summed E-state index contributed by atoms with van der Waals surface area (Å²) in [4.78, 5) is 19.9. The second-order valence-electron chi connectivity index (χ2n) is 6.81. The number of sulfone groups is 1. The predicted molar refractivity (Wildman–Crippen MR) is 119 cm³/mol. The van der Waals surface area contributed by atoms with Gasteiger partial charge in [0.05, 0.1) is 15.7 Å². The number of carbonyl (C=O) groups excluding carboxylic acids is 1. The molecule has 2 aromatic heterocycles. The normalized spacial score (nSPS) is 11.4. The molecule has 0 bridgehead atoms. The first-order chi connectivity index (χ1) is 14.1. The van der Waals surface area contributed by atoms with Gasteiger partial charge in [0, 0.05) is 35.6 Å².